The summed E-state index contributed by atoms with van der Waals surface area (Å²) in [5, 5.41) is 8.35. The van der Waals surface area contributed by atoms with Crippen LogP contribution >= 0.6 is 46.3 Å². The molecule has 0 aliphatic carbocycles. The van der Waals surface area contributed by atoms with Gasteiger partial charge in [-0.05, 0) is 121 Å². The molecule has 8 aromatic rings. The number of hydrogen-bond donors (Lipinski definition) is 2. The van der Waals surface area contributed by atoms with Gasteiger partial charge in [0.25, 0.3) is 23.4 Å². The first-order valence-electron chi connectivity index (χ1n) is 18.3. The SMILES string of the molecule is COc1ccc2c(c1)c(C(=O)C(=O)Nc1cc(C)sn1)c(C)n2Cc1ccc(Cl)cc1.COc1ccc2c(c1)c(C(=O)C(=O)Nc1ccns1)cn2Cc1ccc(Cl)cc1. The van der Waals surface area contributed by atoms with Gasteiger partial charge < -0.3 is 29.2 Å². The van der Waals surface area contributed by atoms with Gasteiger partial charge in [0.1, 0.15) is 22.3 Å². The van der Waals surface area contributed by atoms with Gasteiger partial charge in [-0.15, -0.1) is 0 Å². The van der Waals surface area contributed by atoms with Crippen molar-refractivity contribution in [1.29, 1.82) is 0 Å². The van der Waals surface area contributed by atoms with Gasteiger partial charge in [0, 0.05) is 67.9 Å². The maximum atomic E-state index is 13.2. The number of methoxy groups -OCH3 is 2. The van der Waals surface area contributed by atoms with Gasteiger partial charge >= 0.3 is 0 Å². The molecule has 0 bridgehead atoms. The number of carbonyl (C=O) groups excluding carboxylic acids is 4. The number of ether oxygens (including phenoxy) is 2. The number of aromatic nitrogens is 4. The van der Waals surface area contributed by atoms with Crippen molar-refractivity contribution in [3.8, 4) is 11.5 Å². The number of aryl methyl sites for hydroxylation is 1. The summed E-state index contributed by atoms with van der Waals surface area (Å²) in [7, 11) is 3.13. The molecule has 2 amide bonds. The lowest BCUT2D eigenvalue weighted by molar-refractivity contribution is -0.113. The molecule has 0 fully saturated rings. The number of anilines is 2. The molecular weight excluding hydrogens is 844 g/mol. The topological polar surface area (TPSA) is 146 Å². The Bertz CT molecular complexity index is 2870. The number of ketones is 2. The average molecular weight is 880 g/mol. The molecule has 16 heteroatoms. The Kier molecular flexibility index (Phi) is 12.8. The number of Topliss-reactive ketones (excluding diaryl/α,β-unsaturated/α-hetero) is 2. The summed E-state index contributed by atoms with van der Waals surface area (Å²) < 4.78 is 22.7. The minimum atomic E-state index is -0.721. The van der Waals surface area contributed by atoms with Crippen molar-refractivity contribution in [3.05, 3.63) is 152 Å². The highest BCUT2D eigenvalue weighted by Gasteiger charge is 2.27. The second-order valence-corrected chi connectivity index (χ2v) is 16.2. The van der Waals surface area contributed by atoms with Crippen molar-refractivity contribution >= 4 is 102 Å². The molecule has 0 atom stereocenters. The van der Waals surface area contributed by atoms with Crippen molar-refractivity contribution in [2.45, 2.75) is 26.9 Å². The normalized spacial score (nSPS) is 10.9. The quantitative estimate of drug-likeness (QED) is 0.0911. The molecule has 12 nitrogen and oxygen atoms in total. The first-order valence-corrected chi connectivity index (χ1v) is 20.6. The Morgan fingerprint density at radius 2 is 1.28 bits per heavy atom. The number of halogens is 2. The van der Waals surface area contributed by atoms with E-state index in [2.05, 4.69) is 19.4 Å². The summed E-state index contributed by atoms with van der Waals surface area (Å²) in [6.45, 7) is 4.79. The fraction of sp³-hybridized carbons (Fsp3) is 0.136. The number of rotatable bonds is 12. The van der Waals surface area contributed by atoms with Crippen LogP contribution in [0.3, 0.4) is 0 Å². The summed E-state index contributed by atoms with van der Waals surface area (Å²) in [6, 6.07) is 29.4. The minimum Gasteiger partial charge on any atom is -0.497 e. The molecule has 4 heterocycles. The monoisotopic (exact) mass is 878 g/mol. The standard InChI is InChI=1S/C23H20ClN3O3S.C21H16ClN3O3S/c1-13-10-20(26-31-13)25-23(29)22(28)21-14(2)27(12-15-4-6-16(24)7-5-15)19-9-8-17(30-3)11-18(19)21;1-28-15-6-7-18-16(10-15)17(20(26)21(27)24-19-8-9-23-29-19)12-25(18)11-13-2-4-14(22)5-3-13/h4-11H,12H2,1-3H3,(H,25,26,29);2-10,12H,11H2,1H3,(H,24,27). The average Bonchev–Trinajstić information content (AvgIpc) is 4.05. The molecule has 4 aromatic heterocycles. The molecule has 0 unspecified atom stereocenters. The highest BCUT2D eigenvalue weighted by atomic mass is 35.5. The summed E-state index contributed by atoms with van der Waals surface area (Å²) in [5.74, 6) is -1.06. The highest BCUT2D eigenvalue weighted by molar-refractivity contribution is 7.10. The van der Waals surface area contributed by atoms with Crippen molar-refractivity contribution < 1.29 is 28.7 Å². The minimum absolute atomic E-state index is 0.315. The number of benzene rings is 4. The number of fused-ring (bicyclic) bond motifs is 2. The van der Waals surface area contributed by atoms with E-state index in [9.17, 15) is 19.2 Å². The molecule has 0 aliphatic heterocycles. The largest absolute Gasteiger partial charge is 0.497 e. The Morgan fingerprint density at radius 3 is 1.87 bits per heavy atom. The zero-order valence-corrected chi connectivity index (χ0v) is 35.8. The summed E-state index contributed by atoms with van der Waals surface area (Å²) in [5.41, 5.74) is 5.09. The number of carbonyl (C=O) groups is 4. The van der Waals surface area contributed by atoms with E-state index in [1.54, 1.807) is 50.9 Å². The predicted octanol–water partition coefficient (Wildman–Crippen LogP) is 9.88. The van der Waals surface area contributed by atoms with Crippen LogP contribution in [0, 0.1) is 13.8 Å². The van der Waals surface area contributed by atoms with E-state index in [0.717, 1.165) is 38.6 Å². The molecule has 0 saturated heterocycles. The van der Waals surface area contributed by atoms with Gasteiger partial charge in [-0.2, -0.15) is 8.75 Å². The molecule has 0 aliphatic rings. The summed E-state index contributed by atoms with van der Waals surface area (Å²) in [6.07, 6.45) is 3.26. The van der Waals surface area contributed by atoms with Gasteiger partial charge in [-0.3, -0.25) is 19.2 Å². The molecule has 4 aromatic carbocycles. The van der Waals surface area contributed by atoms with Crippen LogP contribution in [0.4, 0.5) is 10.8 Å². The van der Waals surface area contributed by atoms with E-state index < -0.39 is 23.4 Å². The molecule has 304 valence electrons. The Hall–Kier alpha value is -6.32. The van der Waals surface area contributed by atoms with Crippen LogP contribution in [0.5, 0.6) is 11.5 Å². The van der Waals surface area contributed by atoms with Crippen molar-refractivity contribution in [2.75, 3.05) is 24.9 Å². The van der Waals surface area contributed by atoms with Crippen LogP contribution in [-0.4, -0.2) is 55.5 Å². The first kappa shape index (κ1) is 41.8. The maximum absolute atomic E-state index is 13.2. The molecule has 2 N–H and O–H groups in total. The van der Waals surface area contributed by atoms with Gasteiger partial charge in [-0.25, -0.2) is 0 Å². The van der Waals surface area contributed by atoms with Crippen LogP contribution in [0.1, 0.15) is 42.4 Å². The second-order valence-electron chi connectivity index (χ2n) is 13.5. The third-order valence-electron chi connectivity index (χ3n) is 9.57. The molecular formula is C44H36Cl2N6O6S2. The molecule has 60 heavy (non-hydrogen) atoms. The van der Waals surface area contributed by atoms with Gasteiger partial charge in [-0.1, -0.05) is 47.5 Å². The van der Waals surface area contributed by atoms with E-state index in [1.807, 2.05) is 95.8 Å². The number of nitrogens with one attached hydrogen (secondary N) is 2. The lowest BCUT2D eigenvalue weighted by Gasteiger charge is -2.09. The van der Waals surface area contributed by atoms with Crippen LogP contribution in [0.2, 0.25) is 10.0 Å². The smallest absolute Gasteiger partial charge is 0.298 e. The summed E-state index contributed by atoms with van der Waals surface area (Å²) in [4.78, 5) is 52.2. The first-order chi connectivity index (χ1) is 28.9. The van der Waals surface area contributed by atoms with E-state index in [4.69, 9.17) is 32.7 Å². The van der Waals surface area contributed by atoms with Crippen LogP contribution < -0.4 is 20.1 Å². The Balaban J connectivity index is 0.000000182. The fourth-order valence-electron chi connectivity index (χ4n) is 6.64. The lowest BCUT2D eigenvalue weighted by atomic mass is 10.1. The van der Waals surface area contributed by atoms with Crippen LogP contribution in [0.25, 0.3) is 21.8 Å². The van der Waals surface area contributed by atoms with E-state index in [-0.39, 0.29) is 0 Å². The second kappa shape index (κ2) is 18.3. The van der Waals surface area contributed by atoms with Crippen molar-refractivity contribution in [1.82, 2.24) is 17.9 Å². The van der Waals surface area contributed by atoms with Gasteiger partial charge in [0.15, 0.2) is 0 Å². The molecule has 0 saturated carbocycles. The van der Waals surface area contributed by atoms with Crippen molar-refractivity contribution in [3.63, 3.8) is 0 Å². The zero-order valence-electron chi connectivity index (χ0n) is 32.6. The number of amides is 2. The zero-order chi connectivity index (χ0) is 42.5. The molecule has 0 radical (unpaired) electrons. The van der Waals surface area contributed by atoms with E-state index in [0.29, 0.717) is 73.0 Å². The van der Waals surface area contributed by atoms with Gasteiger partial charge in [0.05, 0.1) is 25.3 Å². The highest BCUT2D eigenvalue weighted by Crippen LogP contribution is 2.32. The Morgan fingerprint density at radius 1 is 0.683 bits per heavy atom. The van der Waals surface area contributed by atoms with Crippen LogP contribution in [-0.2, 0) is 22.7 Å². The predicted molar refractivity (Wildman–Crippen MR) is 238 cm³/mol. The number of nitrogens with zero attached hydrogens (tertiary/aromatic N) is 4. The van der Waals surface area contributed by atoms with Gasteiger partial charge in [0.2, 0.25) is 0 Å². The number of hydrogen-bond acceptors (Lipinski definition) is 10. The third kappa shape index (κ3) is 9.27. The van der Waals surface area contributed by atoms with E-state index in [1.165, 1.54) is 11.5 Å². The van der Waals surface area contributed by atoms with E-state index >= 15 is 0 Å². The molecule has 8 rings (SSSR count). The Labute approximate surface area is 362 Å². The van der Waals surface area contributed by atoms with Crippen LogP contribution in [0.15, 0.2) is 109 Å². The molecule has 0 spiro atoms. The third-order valence-corrected chi connectivity index (χ3v) is 11.4. The fourth-order valence-corrected chi connectivity index (χ4v) is 7.89. The maximum Gasteiger partial charge on any atom is 0.298 e. The van der Waals surface area contributed by atoms with Crippen molar-refractivity contribution in [2.24, 2.45) is 0 Å². The lowest BCUT2D eigenvalue weighted by Crippen LogP contribution is -2.23. The summed E-state index contributed by atoms with van der Waals surface area (Å²) >= 11 is 14.4.